The Bertz CT molecular complexity index is 675. The molecule has 0 aliphatic heterocycles. The summed E-state index contributed by atoms with van der Waals surface area (Å²) in [7, 11) is 0. The fraction of sp³-hybridized carbons (Fsp3) is 0.133. The summed E-state index contributed by atoms with van der Waals surface area (Å²) in [5, 5.41) is 19.8. The van der Waals surface area contributed by atoms with Crippen LogP contribution in [0.3, 0.4) is 0 Å². The van der Waals surface area contributed by atoms with E-state index in [2.05, 4.69) is 6.07 Å². The van der Waals surface area contributed by atoms with Gasteiger partial charge in [-0.2, -0.15) is 5.26 Å². The molecule has 0 fully saturated rings. The summed E-state index contributed by atoms with van der Waals surface area (Å²) >= 11 is 1.44. The van der Waals surface area contributed by atoms with Crippen LogP contribution in [0.2, 0.25) is 0 Å². The van der Waals surface area contributed by atoms with E-state index in [-0.39, 0.29) is 10.6 Å². The number of hydrogen-bond acceptors (Lipinski definition) is 4. The summed E-state index contributed by atoms with van der Waals surface area (Å²) in [6.07, 6.45) is 0.637. The van der Waals surface area contributed by atoms with E-state index >= 15 is 0 Å². The van der Waals surface area contributed by atoms with Crippen LogP contribution in [0, 0.1) is 21.4 Å². The fourth-order valence-corrected chi connectivity index (χ4v) is 2.66. The lowest BCUT2D eigenvalue weighted by Crippen LogP contribution is -1.94. The molecule has 0 N–H and O–H groups in total. The van der Waals surface area contributed by atoms with E-state index in [1.165, 1.54) is 11.8 Å². The predicted molar refractivity (Wildman–Crippen MR) is 77.8 cm³/mol. The predicted octanol–water partition coefficient (Wildman–Crippen LogP) is 4.18. The average molecular weight is 284 g/mol. The summed E-state index contributed by atoms with van der Waals surface area (Å²) < 4.78 is 0. The van der Waals surface area contributed by atoms with Gasteiger partial charge in [0, 0.05) is 21.4 Å². The Morgan fingerprint density at radius 2 is 1.85 bits per heavy atom. The van der Waals surface area contributed by atoms with Crippen LogP contribution in [-0.2, 0) is 6.42 Å². The van der Waals surface area contributed by atoms with Crippen molar-refractivity contribution in [3.8, 4) is 6.07 Å². The molecule has 0 unspecified atom stereocenters. The van der Waals surface area contributed by atoms with Gasteiger partial charge in [-0.15, -0.1) is 0 Å². The second-order valence-corrected chi connectivity index (χ2v) is 5.29. The maximum Gasteiger partial charge on any atom is 0.273 e. The fourth-order valence-electron chi connectivity index (χ4n) is 1.81. The van der Waals surface area contributed by atoms with Crippen molar-refractivity contribution in [2.24, 2.45) is 0 Å². The van der Waals surface area contributed by atoms with Crippen LogP contribution in [0.25, 0.3) is 0 Å². The van der Waals surface area contributed by atoms with Crippen molar-refractivity contribution in [3.05, 3.63) is 63.7 Å². The highest BCUT2D eigenvalue weighted by Crippen LogP contribution is 2.32. The molecule has 0 atom stereocenters. The van der Waals surface area contributed by atoms with E-state index < -0.39 is 0 Å². The summed E-state index contributed by atoms with van der Waals surface area (Å²) in [6, 6.07) is 14.5. The zero-order valence-electron chi connectivity index (χ0n) is 10.9. The first-order valence-corrected chi connectivity index (χ1v) is 6.91. The van der Waals surface area contributed by atoms with E-state index in [0.29, 0.717) is 12.0 Å². The van der Waals surface area contributed by atoms with Crippen LogP contribution >= 0.6 is 11.8 Å². The van der Waals surface area contributed by atoms with Crippen LogP contribution in [-0.4, -0.2) is 4.92 Å². The monoisotopic (exact) mass is 284 g/mol. The molecular formula is C15H12N2O2S. The lowest BCUT2D eigenvalue weighted by molar-refractivity contribution is -0.385. The molecule has 0 heterocycles. The number of nitriles is 1. The Kier molecular flexibility index (Phi) is 4.38. The van der Waals surface area contributed by atoms with E-state index in [4.69, 9.17) is 5.26 Å². The molecule has 0 aromatic heterocycles. The number of nitro benzene ring substituents is 1. The molecule has 0 amide bonds. The van der Waals surface area contributed by atoms with Gasteiger partial charge < -0.3 is 0 Å². The summed E-state index contributed by atoms with van der Waals surface area (Å²) in [4.78, 5) is 12.4. The second-order valence-electron chi connectivity index (χ2n) is 4.14. The van der Waals surface area contributed by atoms with Gasteiger partial charge in [0.15, 0.2) is 0 Å². The first-order valence-electron chi connectivity index (χ1n) is 6.09. The van der Waals surface area contributed by atoms with Crippen LogP contribution in [0.4, 0.5) is 5.69 Å². The van der Waals surface area contributed by atoms with Crippen molar-refractivity contribution in [2.45, 2.75) is 23.1 Å². The highest BCUT2D eigenvalue weighted by atomic mass is 32.2. The van der Waals surface area contributed by atoms with Crippen molar-refractivity contribution < 1.29 is 4.92 Å². The lowest BCUT2D eigenvalue weighted by atomic mass is 10.1. The van der Waals surface area contributed by atoms with Gasteiger partial charge >= 0.3 is 0 Å². The normalized spacial score (nSPS) is 10.0. The SMILES string of the molecule is CCc1ccc(Sc2ccc(C#N)cc2)cc1[N+](=O)[O-]. The van der Waals surface area contributed by atoms with Gasteiger partial charge in [0.1, 0.15) is 0 Å². The quantitative estimate of drug-likeness (QED) is 0.624. The third kappa shape index (κ3) is 3.16. The Hall–Kier alpha value is -2.32. The van der Waals surface area contributed by atoms with Crippen LogP contribution in [0.15, 0.2) is 52.3 Å². The van der Waals surface area contributed by atoms with E-state index in [9.17, 15) is 10.1 Å². The number of hydrogen-bond donors (Lipinski definition) is 0. The number of benzene rings is 2. The molecule has 0 radical (unpaired) electrons. The van der Waals surface area contributed by atoms with Crippen molar-refractivity contribution >= 4 is 17.4 Å². The molecule has 0 saturated carbocycles. The molecule has 20 heavy (non-hydrogen) atoms. The largest absolute Gasteiger partial charge is 0.273 e. The molecule has 5 heteroatoms. The smallest absolute Gasteiger partial charge is 0.258 e. The van der Waals surface area contributed by atoms with Crippen molar-refractivity contribution in [2.75, 3.05) is 0 Å². The Morgan fingerprint density at radius 1 is 1.20 bits per heavy atom. The number of nitrogens with zero attached hydrogens (tertiary/aromatic N) is 2. The molecule has 0 aliphatic rings. The van der Waals surface area contributed by atoms with E-state index in [0.717, 1.165) is 15.4 Å². The molecule has 0 saturated heterocycles. The summed E-state index contributed by atoms with van der Waals surface area (Å²) in [5.74, 6) is 0. The maximum absolute atomic E-state index is 11.0. The van der Waals surface area contributed by atoms with Gasteiger partial charge in [0.05, 0.1) is 16.6 Å². The van der Waals surface area contributed by atoms with Gasteiger partial charge in [0.25, 0.3) is 5.69 Å². The molecule has 4 nitrogen and oxygen atoms in total. The zero-order valence-corrected chi connectivity index (χ0v) is 11.7. The molecule has 0 spiro atoms. The van der Waals surface area contributed by atoms with Gasteiger partial charge in [-0.25, -0.2) is 0 Å². The minimum absolute atomic E-state index is 0.158. The Labute approximate surface area is 121 Å². The van der Waals surface area contributed by atoms with Crippen LogP contribution in [0.1, 0.15) is 18.1 Å². The minimum atomic E-state index is -0.346. The van der Waals surface area contributed by atoms with E-state index in [1.54, 1.807) is 24.3 Å². The van der Waals surface area contributed by atoms with Crippen molar-refractivity contribution in [1.29, 1.82) is 5.26 Å². The molecule has 0 aliphatic carbocycles. The molecule has 2 aromatic rings. The highest BCUT2D eigenvalue weighted by molar-refractivity contribution is 7.99. The van der Waals surface area contributed by atoms with Gasteiger partial charge in [0.2, 0.25) is 0 Å². The summed E-state index contributed by atoms with van der Waals surface area (Å²) in [6.45, 7) is 1.90. The number of aryl methyl sites for hydroxylation is 1. The molecule has 100 valence electrons. The Balaban J connectivity index is 2.27. The van der Waals surface area contributed by atoms with Crippen LogP contribution < -0.4 is 0 Å². The van der Waals surface area contributed by atoms with Crippen LogP contribution in [0.5, 0.6) is 0 Å². The first kappa shape index (κ1) is 14.1. The highest BCUT2D eigenvalue weighted by Gasteiger charge is 2.13. The van der Waals surface area contributed by atoms with Gasteiger partial charge in [-0.1, -0.05) is 24.8 Å². The topological polar surface area (TPSA) is 66.9 Å². The average Bonchev–Trinajstić information content (AvgIpc) is 2.48. The van der Waals surface area contributed by atoms with Crippen molar-refractivity contribution in [1.82, 2.24) is 0 Å². The first-order chi connectivity index (χ1) is 9.63. The molecule has 0 bridgehead atoms. The second kappa shape index (κ2) is 6.22. The molecule has 2 rings (SSSR count). The minimum Gasteiger partial charge on any atom is -0.258 e. The zero-order chi connectivity index (χ0) is 14.5. The number of rotatable bonds is 4. The Morgan fingerprint density at radius 3 is 2.40 bits per heavy atom. The lowest BCUT2D eigenvalue weighted by Gasteiger charge is -2.04. The molecular weight excluding hydrogens is 272 g/mol. The van der Waals surface area contributed by atoms with Gasteiger partial charge in [-0.3, -0.25) is 10.1 Å². The maximum atomic E-state index is 11.0. The van der Waals surface area contributed by atoms with E-state index in [1.807, 2.05) is 25.1 Å². The number of nitro groups is 1. The van der Waals surface area contributed by atoms with Gasteiger partial charge in [-0.05, 0) is 36.8 Å². The van der Waals surface area contributed by atoms with Crippen molar-refractivity contribution in [3.63, 3.8) is 0 Å². The molecule has 2 aromatic carbocycles. The summed E-state index contributed by atoms with van der Waals surface area (Å²) in [5.41, 5.74) is 1.49. The third-order valence-electron chi connectivity index (χ3n) is 2.85. The standard InChI is InChI=1S/C15H12N2O2S/c1-2-12-5-8-14(9-15(12)17(18)19)20-13-6-3-11(10-16)4-7-13/h3-9H,2H2,1H3. The third-order valence-corrected chi connectivity index (χ3v) is 3.85.